The lowest BCUT2D eigenvalue weighted by Gasteiger charge is -2.26. The van der Waals surface area contributed by atoms with Gasteiger partial charge in [-0.25, -0.2) is 4.98 Å². The second-order valence-electron chi connectivity index (χ2n) is 13.2. The third-order valence-electron chi connectivity index (χ3n) is 8.31. The number of carbonyl (C=O) groups excluding carboxylic acids is 6. The topological polar surface area (TPSA) is 364 Å². The van der Waals surface area contributed by atoms with Crippen LogP contribution >= 0.6 is 0 Å². The molecule has 0 saturated carbocycles. The molecular weight excluding hydrogens is 752 g/mol. The lowest BCUT2D eigenvalue weighted by atomic mass is 10.0. The number of aliphatic carboxylic acids is 1. The van der Waals surface area contributed by atoms with Crippen LogP contribution in [0, 0.1) is 16.0 Å². The van der Waals surface area contributed by atoms with Crippen LogP contribution in [0.5, 0.6) is 5.75 Å². The van der Waals surface area contributed by atoms with Gasteiger partial charge in [-0.05, 0) is 36.1 Å². The number of benzene rings is 2. The van der Waals surface area contributed by atoms with Crippen molar-refractivity contribution >= 4 is 52.8 Å². The van der Waals surface area contributed by atoms with Crippen LogP contribution in [-0.2, 0) is 41.6 Å². The highest BCUT2D eigenvalue weighted by Gasteiger charge is 2.34. The molecule has 6 amide bonds. The van der Waals surface area contributed by atoms with E-state index < -0.39 is 101 Å². The van der Waals surface area contributed by atoms with Gasteiger partial charge in [-0.15, -0.1) is 0 Å². The number of imidazole rings is 1. The molecule has 3 rings (SSSR count). The van der Waals surface area contributed by atoms with Gasteiger partial charge >= 0.3 is 11.7 Å². The van der Waals surface area contributed by atoms with Crippen LogP contribution in [-0.4, -0.2) is 108 Å². The molecule has 0 aliphatic carbocycles. The van der Waals surface area contributed by atoms with Crippen LogP contribution in [0.3, 0.4) is 0 Å². The number of aromatic amines is 1. The minimum Gasteiger partial charge on any atom is -0.502 e. The molecule has 22 nitrogen and oxygen atoms in total. The minimum atomic E-state index is -1.85. The van der Waals surface area contributed by atoms with Crippen molar-refractivity contribution in [3.05, 3.63) is 81.9 Å². The molecule has 306 valence electrons. The van der Waals surface area contributed by atoms with Crippen LogP contribution in [0.25, 0.3) is 0 Å². The number of aromatic nitrogens is 2. The van der Waals surface area contributed by atoms with E-state index in [1.807, 2.05) is 0 Å². The number of amides is 6. The number of H-pyrrole nitrogens is 1. The summed E-state index contributed by atoms with van der Waals surface area (Å²) in [5.74, 6) is -8.45. The summed E-state index contributed by atoms with van der Waals surface area (Å²) < 4.78 is 0. The van der Waals surface area contributed by atoms with Crippen molar-refractivity contribution in [1.82, 2.24) is 36.6 Å². The Labute approximate surface area is 324 Å². The van der Waals surface area contributed by atoms with Crippen LogP contribution in [0.2, 0.25) is 0 Å². The molecule has 5 atom stereocenters. The third-order valence-corrected chi connectivity index (χ3v) is 8.31. The number of nitro groups is 1. The number of phenols is 1. The van der Waals surface area contributed by atoms with Gasteiger partial charge in [0.15, 0.2) is 5.75 Å². The molecule has 0 aliphatic rings. The molecule has 0 radical (unpaired) electrons. The van der Waals surface area contributed by atoms with Crippen molar-refractivity contribution in [3.8, 4) is 5.75 Å². The summed E-state index contributed by atoms with van der Waals surface area (Å²) >= 11 is 0. The zero-order valence-electron chi connectivity index (χ0n) is 30.8. The van der Waals surface area contributed by atoms with Crippen molar-refractivity contribution in [1.29, 1.82) is 0 Å². The number of carboxylic acids is 1. The van der Waals surface area contributed by atoms with Crippen molar-refractivity contribution < 1.29 is 53.8 Å². The minimum absolute atomic E-state index is 0.0321. The quantitative estimate of drug-likeness (QED) is 0.0320. The Morgan fingerprint density at radius 2 is 1.44 bits per heavy atom. The molecule has 2 aromatic carbocycles. The molecule has 0 bridgehead atoms. The second kappa shape index (κ2) is 20.5. The average Bonchev–Trinajstić information content (AvgIpc) is 3.66. The van der Waals surface area contributed by atoms with Gasteiger partial charge in [0.2, 0.25) is 29.5 Å². The fourth-order valence-electron chi connectivity index (χ4n) is 5.44. The molecule has 1 heterocycles. The predicted molar refractivity (Wildman–Crippen MR) is 199 cm³/mol. The fourth-order valence-corrected chi connectivity index (χ4v) is 5.44. The van der Waals surface area contributed by atoms with Crippen molar-refractivity contribution in [2.24, 2.45) is 11.7 Å². The number of carboxylic acid groups (broad SMARTS) is 1. The number of nitrogens with two attached hydrogens (primary N) is 2. The SMILES string of the molecule is CC(C)C[C@H](NC(=O)[C@H](CO)NC(=O)[C@H](CC(=O)O)NC(=O)[C@H](Cc1cnc[nH]1)NC(=O)c1ccccc1N)C(=O)N[C@@H](Cc1ccc(O)c([N+](=O)[O-])c1)C(N)=O. The molecule has 0 unspecified atom stereocenters. The number of hydrogen-bond donors (Lipinski definition) is 11. The van der Waals surface area contributed by atoms with E-state index in [9.17, 15) is 59.0 Å². The number of carbonyl (C=O) groups is 7. The zero-order valence-corrected chi connectivity index (χ0v) is 30.8. The Hall–Kier alpha value is -7.10. The van der Waals surface area contributed by atoms with E-state index in [4.69, 9.17) is 11.5 Å². The highest BCUT2D eigenvalue weighted by atomic mass is 16.6. The predicted octanol–water partition coefficient (Wildman–Crippen LogP) is -1.87. The Morgan fingerprint density at radius 3 is 2.02 bits per heavy atom. The third kappa shape index (κ3) is 13.3. The number of nitrogen functional groups attached to an aromatic ring is 1. The summed E-state index contributed by atoms with van der Waals surface area (Å²) in [6, 6.07) is 1.46. The van der Waals surface area contributed by atoms with Gasteiger partial charge in [-0.2, -0.15) is 0 Å². The maximum absolute atomic E-state index is 13.5. The molecule has 13 N–H and O–H groups in total. The van der Waals surface area contributed by atoms with Crippen LogP contribution in [0.15, 0.2) is 55.0 Å². The highest BCUT2D eigenvalue weighted by molar-refractivity contribution is 6.02. The highest BCUT2D eigenvalue weighted by Crippen LogP contribution is 2.27. The second-order valence-corrected chi connectivity index (χ2v) is 13.2. The summed E-state index contributed by atoms with van der Waals surface area (Å²) in [5, 5.41) is 52.3. The van der Waals surface area contributed by atoms with Crippen LogP contribution < -0.4 is 38.1 Å². The largest absolute Gasteiger partial charge is 0.502 e. The summed E-state index contributed by atoms with van der Waals surface area (Å²) in [7, 11) is 0. The molecule has 0 spiro atoms. The Morgan fingerprint density at radius 1 is 0.842 bits per heavy atom. The van der Waals surface area contributed by atoms with Gasteiger partial charge in [-0.1, -0.05) is 32.0 Å². The zero-order chi connectivity index (χ0) is 42.4. The van der Waals surface area contributed by atoms with E-state index in [-0.39, 0.29) is 42.0 Å². The van der Waals surface area contributed by atoms with E-state index in [1.54, 1.807) is 26.0 Å². The van der Waals surface area contributed by atoms with Gasteiger partial charge in [0.05, 0.1) is 29.8 Å². The number of nitrogens with one attached hydrogen (secondary N) is 6. The van der Waals surface area contributed by atoms with Gasteiger partial charge < -0.3 is 58.4 Å². The molecule has 57 heavy (non-hydrogen) atoms. The standard InChI is InChI=1S/C35H44N10O12/c1-17(2)9-23(32(52)40-22(30(37)50)10-18-7-8-28(47)27(11-18)45(56)57)42-35(55)26(15-46)44-34(54)25(13-29(48)49)43-33(53)24(12-19-14-38-16-39-19)41-31(51)20-5-3-4-6-21(20)36/h3-8,11,14,16-17,22-26,46-47H,9-10,12-13,15,36H2,1-2H3,(H2,37,50)(H,38,39)(H,40,52)(H,41,51)(H,42,55)(H,43,53)(H,44,54)(H,48,49)/t22-,23-,24-,25-,26-/m0/s1. The fraction of sp³-hybridized carbons (Fsp3) is 0.371. The maximum atomic E-state index is 13.5. The van der Waals surface area contributed by atoms with Crippen molar-refractivity contribution in [2.75, 3.05) is 12.3 Å². The molecule has 3 aromatic rings. The first-order chi connectivity index (χ1) is 26.9. The Bertz CT molecular complexity index is 1960. The lowest BCUT2D eigenvalue weighted by molar-refractivity contribution is -0.385. The number of hydrogen-bond acceptors (Lipinski definition) is 13. The van der Waals surface area contributed by atoms with Gasteiger partial charge in [-0.3, -0.25) is 43.7 Å². The number of primary amides is 1. The summed E-state index contributed by atoms with van der Waals surface area (Å²) in [6.45, 7) is 2.35. The normalized spacial score (nSPS) is 13.5. The summed E-state index contributed by atoms with van der Waals surface area (Å²) in [4.78, 5) is 108. The summed E-state index contributed by atoms with van der Waals surface area (Å²) in [5.41, 5.74) is 11.4. The maximum Gasteiger partial charge on any atom is 0.310 e. The monoisotopic (exact) mass is 796 g/mol. The van der Waals surface area contributed by atoms with Gasteiger partial charge in [0, 0.05) is 36.5 Å². The number of phenolic OH excluding ortho intramolecular Hbond substituents is 1. The summed E-state index contributed by atoms with van der Waals surface area (Å²) in [6.07, 6.45) is 1.16. The number of aliphatic hydroxyl groups excluding tert-OH is 1. The van der Waals surface area contributed by atoms with Crippen molar-refractivity contribution in [2.45, 2.75) is 69.7 Å². The first kappa shape index (κ1) is 44.3. The van der Waals surface area contributed by atoms with E-state index in [1.165, 1.54) is 30.7 Å². The van der Waals surface area contributed by atoms with E-state index in [2.05, 4.69) is 36.6 Å². The number of nitro benzene ring substituents is 1. The molecule has 0 saturated heterocycles. The first-order valence-electron chi connectivity index (χ1n) is 17.3. The van der Waals surface area contributed by atoms with E-state index in [0.717, 1.165) is 12.1 Å². The molecule has 0 aliphatic heterocycles. The number of rotatable bonds is 21. The van der Waals surface area contributed by atoms with Gasteiger partial charge in [0.1, 0.15) is 30.2 Å². The number of para-hydroxylation sites is 1. The number of anilines is 1. The first-order valence-corrected chi connectivity index (χ1v) is 17.3. The molecule has 1 aromatic heterocycles. The number of aromatic hydroxyl groups is 1. The van der Waals surface area contributed by atoms with Crippen LogP contribution in [0.4, 0.5) is 11.4 Å². The lowest BCUT2D eigenvalue weighted by Crippen LogP contribution is -2.60. The van der Waals surface area contributed by atoms with Crippen molar-refractivity contribution in [3.63, 3.8) is 0 Å². The molecule has 22 heteroatoms. The van der Waals surface area contributed by atoms with E-state index in [0.29, 0.717) is 5.69 Å². The smallest absolute Gasteiger partial charge is 0.310 e. The average molecular weight is 797 g/mol. The number of aliphatic hydroxyl groups is 1. The Kier molecular flexibility index (Phi) is 16.0. The number of nitrogens with zero attached hydrogens (tertiary/aromatic N) is 2. The van der Waals surface area contributed by atoms with E-state index >= 15 is 0 Å². The molecule has 0 fully saturated rings. The van der Waals surface area contributed by atoms with Crippen LogP contribution in [0.1, 0.15) is 48.3 Å². The Balaban J connectivity index is 1.76. The molecular formula is C35H44N10O12. The van der Waals surface area contributed by atoms with Gasteiger partial charge in [0.25, 0.3) is 5.91 Å².